The molecule has 0 saturated heterocycles. The number of nitrogens with zero attached hydrogens (tertiary/aromatic N) is 2. The Labute approximate surface area is 269 Å². The molecule has 1 unspecified atom stereocenters. The molecule has 3 atom stereocenters. The van der Waals surface area contributed by atoms with Crippen LogP contribution in [0.1, 0.15) is 62.1 Å². The molecule has 0 spiro atoms. The van der Waals surface area contributed by atoms with Crippen molar-refractivity contribution in [2.75, 3.05) is 13.6 Å². The zero-order chi connectivity index (χ0) is 32.6. The van der Waals surface area contributed by atoms with E-state index in [2.05, 4.69) is 26.3 Å². The third kappa shape index (κ3) is 12.6. The van der Waals surface area contributed by atoms with Crippen LogP contribution in [0.25, 0.3) is 0 Å². The number of benzene rings is 2. The third-order valence-corrected chi connectivity index (χ3v) is 8.07. The second-order valence-corrected chi connectivity index (χ2v) is 12.1. The van der Waals surface area contributed by atoms with E-state index in [1.54, 1.807) is 18.8 Å². The predicted octanol–water partition coefficient (Wildman–Crippen LogP) is 4.56. The van der Waals surface area contributed by atoms with Gasteiger partial charge < -0.3 is 30.9 Å². The smallest absolute Gasteiger partial charge is 0.407 e. The van der Waals surface area contributed by atoms with Crippen LogP contribution in [0.5, 0.6) is 0 Å². The number of alkyl carbamates (subject to hydrolysis) is 1. The lowest BCUT2D eigenvalue weighted by atomic mass is 9.95. The SMILES string of the molecule is CC(=O)NCC[C@H](NC(=O)N(C)C(C)C)C(=O)N[C@@H](CCC(NC(=O)OCc1cncs1)c1ccccc1)Cc1ccccc1. The maximum atomic E-state index is 13.7. The van der Waals surface area contributed by atoms with Crippen molar-refractivity contribution in [1.29, 1.82) is 0 Å². The largest absolute Gasteiger partial charge is 0.444 e. The highest BCUT2D eigenvalue weighted by molar-refractivity contribution is 7.09. The molecule has 3 aromatic rings. The minimum Gasteiger partial charge on any atom is -0.444 e. The Morgan fingerprint density at radius 2 is 1.60 bits per heavy atom. The lowest BCUT2D eigenvalue weighted by Crippen LogP contribution is -2.54. The van der Waals surface area contributed by atoms with Crippen molar-refractivity contribution in [2.24, 2.45) is 0 Å². The summed E-state index contributed by atoms with van der Waals surface area (Å²) in [4.78, 5) is 57.2. The molecule has 0 bridgehead atoms. The first-order chi connectivity index (χ1) is 21.6. The summed E-state index contributed by atoms with van der Waals surface area (Å²) in [5.41, 5.74) is 3.63. The summed E-state index contributed by atoms with van der Waals surface area (Å²) in [6.07, 6.45) is 2.92. The number of urea groups is 1. The summed E-state index contributed by atoms with van der Waals surface area (Å²) >= 11 is 1.41. The van der Waals surface area contributed by atoms with E-state index in [4.69, 9.17) is 4.74 Å². The van der Waals surface area contributed by atoms with Gasteiger partial charge in [-0.25, -0.2) is 9.59 Å². The average molecular weight is 637 g/mol. The van der Waals surface area contributed by atoms with Gasteiger partial charge in [-0.3, -0.25) is 14.6 Å². The van der Waals surface area contributed by atoms with Gasteiger partial charge in [-0.1, -0.05) is 60.7 Å². The monoisotopic (exact) mass is 636 g/mol. The van der Waals surface area contributed by atoms with Gasteiger partial charge in [0, 0.05) is 38.8 Å². The summed E-state index contributed by atoms with van der Waals surface area (Å²) in [6, 6.07) is 17.4. The fourth-order valence-electron chi connectivity index (χ4n) is 4.58. The van der Waals surface area contributed by atoms with E-state index in [1.807, 2.05) is 74.5 Å². The molecule has 0 saturated carbocycles. The highest BCUT2D eigenvalue weighted by Gasteiger charge is 2.26. The van der Waals surface area contributed by atoms with E-state index in [-0.39, 0.29) is 55.5 Å². The zero-order valence-corrected chi connectivity index (χ0v) is 27.1. The third-order valence-electron chi connectivity index (χ3n) is 7.31. The Morgan fingerprint density at radius 3 is 2.22 bits per heavy atom. The quantitative estimate of drug-likeness (QED) is 0.182. The molecule has 0 aliphatic heterocycles. The van der Waals surface area contributed by atoms with Crippen LogP contribution in [0.2, 0.25) is 0 Å². The lowest BCUT2D eigenvalue weighted by molar-refractivity contribution is -0.124. The van der Waals surface area contributed by atoms with Crippen molar-refractivity contribution < 1.29 is 23.9 Å². The summed E-state index contributed by atoms with van der Waals surface area (Å²) < 4.78 is 5.44. The van der Waals surface area contributed by atoms with Crippen LogP contribution < -0.4 is 21.3 Å². The fourth-order valence-corrected chi connectivity index (χ4v) is 5.09. The van der Waals surface area contributed by atoms with Gasteiger partial charge in [0.25, 0.3) is 0 Å². The van der Waals surface area contributed by atoms with Crippen LogP contribution in [0, 0.1) is 0 Å². The highest BCUT2D eigenvalue weighted by Crippen LogP contribution is 2.21. The van der Waals surface area contributed by atoms with Crippen molar-refractivity contribution >= 4 is 35.3 Å². The molecule has 12 heteroatoms. The fraction of sp³-hybridized carbons (Fsp3) is 0.424. The zero-order valence-electron chi connectivity index (χ0n) is 26.3. The van der Waals surface area contributed by atoms with Crippen LogP contribution in [0.3, 0.4) is 0 Å². The van der Waals surface area contributed by atoms with Crippen LogP contribution in [-0.4, -0.2) is 65.5 Å². The van der Waals surface area contributed by atoms with Crippen LogP contribution in [0.15, 0.2) is 72.4 Å². The number of hydrogen-bond acceptors (Lipinski definition) is 7. The highest BCUT2D eigenvalue weighted by atomic mass is 32.1. The van der Waals surface area contributed by atoms with Crippen LogP contribution >= 0.6 is 11.3 Å². The van der Waals surface area contributed by atoms with Gasteiger partial charge >= 0.3 is 12.1 Å². The van der Waals surface area contributed by atoms with Crippen molar-refractivity contribution in [3.05, 3.63) is 88.4 Å². The molecule has 1 heterocycles. The first-order valence-corrected chi connectivity index (χ1v) is 16.0. The first-order valence-electron chi connectivity index (χ1n) is 15.1. The Balaban J connectivity index is 1.75. The number of rotatable bonds is 16. The molecule has 45 heavy (non-hydrogen) atoms. The topological polar surface area (TPSA) is 142 Å². The van der Waals surface area contributed by atoms with E-state index >= 15 is 0 Å². The second-order valence-electron chi connectivity index (χ2n) is 11.1. The van der Waals surface area contributed by atoms with Gasteiger partial charge in [0.05, 0.1) is 16.4 Å². The second kappa shape index (κ2) is 18.4. The summed E-state index contributed by atoms with van der Waals surface area (Å²) in [5.74, 6) is -0.563. The summed E-state index contributed by atoms with van der Waals surface area (Å²) in [6.45, 7) is 5.53. The van der Waals surface area contributed by atoms with Gasteiger partial charge in [0.1, 0.15) is 12.6 Å². The number of aromatic nitrogens is 1. The minimum absolute atomic E-state index is 0.0639. The molecule has 2 aromatic carbocycles. The standard InChI is InChI=1S/C33H44N6O5S/c1-23(2)39(4)32(42)37-30(17-18-35-24(3)40)31(41)36-27(19-25-11-7-5-8-12-25)15-16-29(26-13-9-6-10-14-26)38-33(43)44-21-28-20-34-22-45-28/h5-14,20,22-23,27,29-30H,15-19,21H2,1-4H3,(H,35,40)(H,36,41)(H,37,42)(H,38,43)/t27-,29?,30-/m0/s1. The van der Waals surface area contributed by atoms with Gasteiger partial charge in [0.2, 0.25) is 11.8 Å². The Bertz CT molecular complexity index is 1340. The van der Waals surface area contributed by atoms with Crippen molar-refractivity contribution in [2.45, 2.75) is 77.2 Å². The van der Waals surface area contributed by atoms with Crippen molar-refractivity contribution in [1.82, 2.24) is 31.2 Å². The summed E-state index contributed by atoms with van der Waals surface area (Å²) in [5, 5.41) is 11.7. The maximum absolute atomic E-state index is 13.7. The van der Waals surface area contributed by atoms with E-state index in [0.29, 0.717) is 19.3 Å². The molecular weight excluding hydrogens is 592 g/mol. The Kier molecular flexibility index (Phi) is 14.3. The molecule has 0 fully saturated rings. The molecule has 0 aliphatic carbocycles. The van der Waals surface area contributed by atoms with E-state index in [9.17, 15) is 19.2 Å². The molecule has 3 rings (SSSR count). The van der Waals surface area contributed by atoms with Crippen LogP contribution in [0.4, 0.5) is 9.59 Å². The number of ether oxygens (including phenoxy) is 1. The number of thiazole rings is 1. The number of carbonyl (C=O) groups excluding carboxylic acids is 4. The summed E-state index contributed by atoms with van der Waals surface area (Å²) in [7, 11) is 1.67. The molecule has 242 valence electrons. The van der Waals surface area contributed by atoms with Crippen LogP contribution in [-0.2, 0) is 27.4 Å². The lowest BCUT2D eigenvalue weighted by Gasteiger charge is -2.28. The van der Waals surface area contributed by atoms with Gasteiger partial charge in [-0.15, -0.1) is 11.3 Å². The normalized spacial score (nSPS) is 12.8. The Morgan fingerprint density at radius 1 is 0.911 bits per heavy atom. The van der Waals surface area contributed by atoms with E-state index in [0.717, 1.165) is 16.0 Å². The molecule has 5 amide bonds. The van der Waals surface area contributed by atoms with Crippen molar-refractivity contribution in [3.63, 3.8) is 0 Å². The number of amides is 5. The Hall–Kier alpha value is -4.45. The molecule has 11 nitrogen and oxygen atoms in total. The van der Waals surface area contributed by atoms with Gasteiger partial charge in [-0.2, -0.15) is 0 Å². The first kappa shape index (κ1) is 35.0. The number of nitrogens with one attached hydrogen (secondary N) is 4. The molecule has 4 N–H and O–H groups in total. The molecular formula is C33H44N6O5S. The minimum atomic E-state index is -0.867. The molecule has 0 aliphatic rings. The average Bonchev–Trinajstić information content (AvgIpc) is 3.55. The molecule has 1 aromatic heterocycles. The predicted molar refractivity (Wildman–Crippen MR) is 174 cm³/mol. The van der Waals surface area contributed by atoms with Gasteiger partial charge in [0.15, 0.2) is 0 Å². The van der Waals surface area contributed by atoms with Crippen molar-refractivity contribution in [3.8, 4) is 0 Å². The van der Waals surface area contributed by atoms with E-state index in [1.165, 1.54) is 23.2 Å². The molecule has 0 radical (unpaired) electrons. The maximum Gasteiger partial charge on any atom is 0.407 e. The number of carbonyl (C=O) groups is 4. The van der Waals surface area contributed by atoms with Gasteiger partial charge in [-0.05, 0) is 50.7 Å². The van der Waals surface area contributed by atoms with E-state index < -0.39 is 12.1 Å². The number of hydrogen-bond donors (Lipinski definition) is 4.